The van der Waals surface area contributed by atoms with Crippen molar-refractivity contribution >= 4 is 11.8 Å². The summed E-state index contributed by atoms with van der Waals surface area (Å²) in [5.74, 6) is -0.660. The zero-order valence-electron chi connectivity index (χ0n) is 8.17. The molecule has 0 aliphatic rings. The summed E-state index contributed by atoms with van der Waals surface area (Å²) < 4.78 is 0. The van der Waals surface area contributed by atoms with Gasteiger partial charge in [0.15, 0.2) is 0 Å². The van der Waals surface area contributed by atoms with E-state index in [9.17, 15) is 9.59 Å². The number of hydrogen-bond donors (Lipinski definition) is 2. The quantitative estimate of drug-likeness (QED) is 0.619. The molecule has 0 saturated carbocycles. The van der Waals surface area contributed by atoms with Gasteiger partial charge in [-0.05, 0) is 19.9 Å². The minimum absolute atomic E-state index is 0.134. The number of aliphatic carboxylic acids is 1. The number of rotatable bonds is 7. The molecule has 2 N–H and O–H groups in total. The monoisotopic (exact) mass is 187 g/mol. The van der Waals surface area contributed by atoms with Crippen molar-refractivity contribution in [2.75, 3.05) is 7.05 Å². The number of carboxylic acids is 1. The third-order valence-corrected chi connectivity index (χ3v) is 1.97. The van der Waals surface area contributed by atoms with Gasteiger partial charge < -0.3 is 10.4 Å². The molecule has 0 aliphatic heterocycles. The van der Waals surface area contributed by atoms with Crippen LogP contribution in [0.1, 0.15) is 32.6 Å². The molecule has 0 spiro atoms. The maximum absolute atomic E-state index is 11.2. The second-order valence-electron chi connectivity index (χ2n) is 2.95. The lowest BCUT2D eigenvalue weighted by atomic mass is 10.0. The van der Waals surface area contributed by atoms with Gasteiger partial charge in [0.25, 0.3) is 0 Å². The Bertz CT molecular complexity index is 180. The largest absolute Gasteiger partial charge is 0.481 e. The summed E-state index contributed by atoms with van der Waals surface area (Å²) in [5, 5.41) is 11.3. The van der Waals surface area contributed by atoms with Crippen molar-refractivity contribution in [2.45, 2.75) is 38.6 Å². The maximum atomic E-state index is 11.2. The van der Waals surface area contributed by atoms with Crippen molar-refractivity contribution in [3.63, 3.8) is 0 Å². The second kappa shape index (κ2) is 6.60. The molecule has 0 bridgehead atoms. The first-order valence-corrected chi connectivity index (χ1v) is 4.53. The first kappa shape index (κ1) is 12.1. The fraction of sp³-hybridized carbons (Fsp3) is 0.778. The van der Waals surface area contributed by atoms with Gasteiger partial charge in [-0.15, -0.1) is 0 Å². The van der Waals surface area contributed by atoms with Gasteiger partial charge in [0.05, 0.1) is 6.04 Å². The summed E-state index contributed by atoms with van der Waals surface area (Å²) in [5.41, 5.74) is 0. The van der Waals surface area contributed by atoms with Crippen LogP contribution in [0.15, 0.2) is 0 Å². The van der Waals surface area contributed by atoms with Crippen LogP contribution in [0.5, 0.6) is 0 Å². The highest BCUT2D eigenvalue weighted by atomic mass is 16.4. The molecule has 4 nitrogen and oxygen atoms in total. The van der Waals surface area contributed by atoms with E-state index in [4.69, 9.17) is 5.11 Å². The van der Waals surface area contributed by atoms with E-state index in [-0.39, 0.29) is 18.2 Å². The Labute approximate surface area is 78.3 Å². The third kappa shape index (κ3) is 5.36. The molecule has 0 aliphatic carbocycles. The molecule has 0 aromatic heterocycles. The third-order valence-electron chi connectivity index (χ3n) is 1.97. The number of carboxylic acid groups (broad SMARTS) is 1. The van der Waals surface area contributed by atoms with Gasteiger partial charge >= 0.3 is 5.97 Å². The molecule has 76 valence electrons. The van der Waals surface area contributed by atoms with Crippen LogP contribution in [0.3, 0.4) is 0 Å². The topological polar surface area (TPSA) is 66.4 Å². The number of carbonyl (C=O) groups is 2. The summed E-state index contributed by atoms with van der Waals surface area (Å²) in [7, 11) is 1.72. The minimum atomic E-state index is -0.807. The van der Waals surface area contributed by atoms with Gasteiger partial charge in [-0.25, -0.2) is 0 Å². The molecular formula is C9H17NO3. The smallest absolute Gasteiger partial charge is 0.303 e. The van der Waals surface area contributed by atoms with Gasteiger partial charge in [0.1, 0.15) is 5.78 Å². The average molecular weight is 187 g/mol. The van der Waals surface area contributed by atoms with Gasteiger partial charge in [-0.2, -0.15) is 0 Å². The fourth-order valence-electron chi connectivity index (χ4n) is 1.17. The highest BCUT2D eigenvalue weighted by molar-refractivity contribution is 5.83. The molecule has 0 amide bonds. The molecule has 0 fully saturated rings. The predicted octanol–water partition coefficient (Wildman–Crippen LogP) is 0.808. The van der Waals surface area contributed by atoms with E-state index >= 15 is 0 Å². The average Bonchev–Trinajstić information content (AvgIpc) is 2.11. The van der Waals surface area contributed by atoms with Crippen molar-refractivity contribution in [1.82, 2.24) is 5.32 Å². The Balaban J connectivity index is 3.72. The summed E-state index contributed by atoms with van der Waals surface area (Å²) in [6.07, 6.45) is 1.79. The van der Waals surface area contributed by atoms with Crippen LogP contribution in [0.25, 0.3) is 0 Å². The highest BCUT2D eigenvalue weighted by Crippen LogP contribution is 2.03. The molecule has 0 aromatic carbocycles. The zero-order valence-corrected chi connectivity index (χ0v) is 8.17. The first-order chi connectivity index (χ1) is 6.11. The molecule has 0 saturated heterocycles. The lowest BCUT2D eigenvalue weighted by molar-refractivity contribution is -0.137. The fourth-order valence-corrected chi connectivity index (χ4v) is 1.17. The van der Waals surface area contributed by atoms with E-state index in [1.807, 2.05) is 6.92 Å². The van der Waals surface area contributed by atoms with Gasteiger partial charge in [0.2, 0.25) is 0 Å². The van der Waals surface area contributed by atoms with Crippen LogP contribution in [0.4, 0.5) is 0 Å². The molecule has 0 rings (SSSR count). The van der Waals surface area contributed by atoms with E-state index in [0.717, 1.165) is 0 Å². The van der Waals surface area contributed by atoms with E-state index in [1.54, 1.807) is 7.05 Å². The zero-order chi connectivity index (χ0) is 10.3. The Morgan fingerprint density at radius 3 is 2.46 bits per heavy atom. The maximum Gasteiger partial charge on any atom is 0.303 e. The lowest BCUT2D eigenvalue weighted by Gasteiger charge is -2.12. The second-order valence-corrected chi connectivity index (χ2v) is 2.95. The Hall–Kier alpha value is -0.900. The van der Waals surface area contributed by atoms with Crippen molar-refractivity contribution in [3.05, 3.63) is 0 Å². The Kier molecular flexibility index (Phi) is 6.14. The molecular weight excluding hydrogens is 170 g/mol. The molecule has 0 radical (unpaired) electrons. The number of Topliss-reactive ketones (excluding diaryl/α,β-unsaturated/α-hetero) is 1. The molecule has 1 unspecified atom stereocenters. The van der Waals surface area contributed by atoms with Crippen molar-refractivity contribution < 1.29 is 14.7 Å². The molecule has 1 atom stereocenters. The highest BCUT2D eigenvalue weighted by Gasteiger charge is 2.13. The molecule has 13 heavy (non-hydrogen) atoms. The van der Waals surface area contributed by atoms with Crippen LogP contribution >= 0.6 is 0 Å². The van der Waals surface area contributed by atoms with E-state index < -0.39 is 5.97 Å². The SMILES string of the molecule is CCC(=O)C(CCCC(=O)O)NC. The van der Waals surface area contributed by atoms with Crippen LogP contribution < -0.4 is 5.32 Å². The Morgan fingerprint density at radius 1 is 1.46 bits per heavy atom. The normalized spacial score (nSPS) is 12.5. The van der Waals surface area contributed by atoms with Gasteiger partial charge in [-0.1, -0.05) is 6.92 Å². The van der Waals surface area contributed by atoms with E-state index in [0.29, 0.717) is 19.3 Å². The van der Waals surface area contributed by atoms with Gasteiger partial charge in [0, 0.05) is 12.8 Å². The summed E-state index contributed by atoms with van der Waals surface area (Å²) in [6.45, 7) is 1.81. The van der Waals surface area contributed by atoms with Crippen molar-refractivity contribution in [1.29, 1.82) is 0 Å². The van der Waals surface area contributed by atoms with Crippen LogP contribution in [-0.4, -0.2) is 29.9 Å². The summed E-state index contributed by atoms with van der Waals surface area (Å²) >= 11 is 0. The summed E-state index contributed by atoms with van der Waals surface area (Å²) in [6, 6.07) is -0.177. The van der Waals surface area contributed by atoms with E-state index in [2.05, 4.69) is 5.32 Å². The van der Waals surface area contributed by atoms with Gasteiger partial charge in [-0.3, -0.25) is 9.59 Å². The Morgan fingerprint density at radius 2 is 2.08 bits per heavy atom. The van der Waals surface area contributed by atoms with Crippen molar-refractivity contribution in [3.8, 4) is 0 Å². The number of nitrogens with one attached hydrogen (secondary N) is 1. The lowest BCUT2D eigenvalue weighted by Crippen LogP contribution is -2.33. The number of likely N-dealkylation sites (N-methyl/N-ethyl adjacent to an activating group) is 1. The minimum Gasteiger partial charge on any atom is -0.481 e. The number of carbonyl (C=O) groups excluding carboxylic acids is 1. The van der Waals surface area contributed by atoms with Crippen LogP contribution in [-0.2, 0) is 9.59 Å². The predicted molar refractivity (Wildman–Crippen MR) is 49.6 cm³/mol. The molecule has 4 heteroatoms. The summed E-state index contributed by atoms with van der Waals surface area (Å²) in [4.78, 5) is 21.4. The molecule has 0 heterocycles. The molecule has 0 aromatic rings. The van der Waals surface area contributed by atoms with E-state index in [1.165, 1.54) is 0 Å². The number of hydrogen-bond acceptors (Lipinski definition) is 3. The van der Waals surface area contributed by atoms with Crippen LogP contribution in [0.2, 0.25) is 0 Å². The van der Waals surface area contributed by atoms with Crippen LogP contribution in [0, 0.1) is 0 Å². The standard InChI is InChI=1S/C9H17NO3/c1-3-8(11)7(10-2)5-4-6-9(12)13/h7,10H,3-6H2,1-2H3,(H,12,13). The number of ketones is 1. The van der Waals surface area contributed by atoms with Crippen molar-refractivity contribution in [2.24, 2.45) is 0 Å². The first-order valence-electron chi connectivity index (χ1n) is 4.53.